The second-order valence-corrected chi connectivity index (χ2v) is 5.48. The number of hydrogen-bond donors (Lipinski definition) is 1. The molecule has 2 aromatic rings. The van der Waals surface area contributed by atoms with Gasteiger partial charge in [0.05, 0.1) is 18.4 Å². The number of methoxy groups -OCH3 is 1. The predicted octanol–water partition coefficient (Wildman–Crippen LogP) is 3.27. The molecule has 0 saturated heterocycles. The predicted molar refractivity (Wildman–Crippen MR) is 99.5 cm³/mol. The monoisotopic (exact) mass is 405 g/mol. The Morgan fingerprint density at radius 1 is 1.07 bits per heavy atom. The fourth-order valence-electron chi connectivity index (χ4n) is 2.15. The summed E-state index contributed by atoms with van der Waals surface area (Å²) in [6.45, 7) is -3.66. The van der Waals surface area contributed by atoms with Crippen molar-refractivity contribution in [2.24, 2.45) is 0 Å². The zero-order valence-electron chi connectivity index (χ0n) is 15.3. The van der Waals surface area contributed by atoms with Crippen LogP contribution < -0.4 is 10.1 Å². The van der Waals surface area contributed by atoms with Crippen LogP contribution in [0.4, 0.5) is 14.5 Å². The minimum Gasteiger partial charge on any atom is -0.465 e. The molecule has 29 heavy (non-hydrogen) atoms. The summed E-state index contributed by atoms with van der Waals surface area (Å²) in [4.78, 5) is 34.9. The van der Waals surface area contributed by atoms with Crippen LogP contribution in [0.1, 0.15) is 15.9 Å². The summed E-state index contributed by atoms with van der Waals surface area (Å²) in [6, 6.07) is 11.9. The van der Waals surface area contributed by atoms with Gasteiger partial charge in [-0.1, -0.05) is 24.3 Å². The Labute approximate surface area is 164 Å². The van der Waals surface area contributed by atoms with Crippen molar-refractivity contribution < 1.29 is 37.4 Å². The smallest absolute Gasteiger partial charge is 0.387 e. The van der Waals surface area contributed by atoms with Gasteiger partial charge in [0.1, 0.15) is 5.75 Å². The number of halogens is 2. The van der Waals surface area contributed by atoms with Crippen molar-refractivity contribution >= 4 is 29.6 Å². The quantitative estimate of drug-likeness (QED) is 0.536. The van der Waals surface area contributed by atoms with Crippen LogP contribution >= 0.6 is 0 Å². The van der Waals surface area contributed by atoms with Crippen LogP contribution in [0.15, 0.2) is 54.6 Å². The van der Waals surface area contributed by atoms with Gasteiger partial charge in [-0.2, -0.15) is 8.78 Å². The standard InChI is InChI=1S/C20H17F2NO6/c1-27-19(26)14-9-6-13(7-10-14)8-11-18(25)28-12-17(24)23-15-4-2-3-5-16(15)29-20(21)22/h2-11,20H,12H2,1H3,(H,23,24)/b11-8+. The van der Waals surface area contributed by atoms with Crippen molar-refractivity contribution in [2.75, 3.05) is 19.0 Å². The van der Waals surface area contributed by atoms with Gasteiger partial charge in [0.15, 0.2) is 6.61 Å². The summed E-state index contributed by atoms with van der Waals surface area (Å²) in [5.41, 5.74) is 1.01. The lowest BCUT2D eigenvalue weighted by Gasteiger charge is -2.11. The molecule has 0 radical (unpaired) electrons. The van der Waals surface area contributed by atoms with Crippen molar-refractivity contribution in [3.63, 3.8) is 0 Å². The highest BCUT2D eigenvalue weighted by Gasteiger charge is 2.12. The van der Waals surface area contributed by atoms with Gasteiger partial charge in [0, 0.05) is 6.08 Å². The van der Waals surface area contributed by atoms with Crippen LogP contribution in [0.2, 0.25) is 0 Å². The summed E-state index contributed by atoms with van der Waals surface area (Å²) in [7, 11) is 1.27. The molecule has 2 aromatic carbocycles. The van der Waals surface area contributed by atoms with Crippen molar-refractivity contribution in [1.82, 2.24) is 0 Å². The molecule has 0 aromatic heterocycles. The highest BCUT2D eigenvalue weighted by molar-refractivity contribution is 5.95. The molecule has 152 valence electrons. The topological polar surface area (TPSA) is 90.9 Å². The van der Waals surface area contributed by atoms with Crippen molar-refractivity contribution in [3.8, 4) is 5.75 Å². The third-order valence-electron chi connectivity index (χ3n) is 3.47. The van der Waals surface area contributed by atoms with E-state index in [1.54, 1.807) is 12.1 Å². The number of anilines is 1. The number of esters is 2. The van der Waals surface area contributed by atoms with Gasteiger partial charge in [-0.15, -0.1) is 0 Å². The number of benzene rings is 2. The number of nitrogens with one attached hydrogen (secondary N) is 1. The number of amides is 1. The zero-order valence-corrected chi connectivity index (χ0v) is 15.3. The molecule has 1 N–H and O–H groups in total. The molecule has 0 saturated carbocycles. The molecule has 0 fully saturated rings. The van der Waals surface area contributed by atoms with E-state index in [2.05, 4.69) is 14.8 Å². The maximum Gasteiger partial charge on any atom is 0.387 e. The Morgan fingerprint density at radius 3 is 2.41 bits per heavy atom. The van der Waals surface area contributed by atoms with Crippen LogP contribution in [0.5, 0.6) is 5.75 Å². The first kappa shape index (κ1) is 21.5. The van der Waals surface area contributed by atoms with E-state index < -0.39 is 31.1 Å². The van der Waals surface area contributed by atoms with E-state index in [0.717, 1.165) is 6.08 Å². The van der Waals surface area contributed by atoms with Gasteiger partial charge in [-0.3, -0.25) is 4.79 Å². The van der Waals surface area contributed by atoms with Gasteiger partial charge < -0.3 is 19.5 Å². The Hall–Kier alpha value is -3.75. The number of rotatable bonds is 8. The third kappa shape index (κ3) is 7.06. The summed E-state index contributed by atoms with van der Waals surface area (Å²) >= 11 is 0. The van der Waals surface area contributed by atoms with Gasteiger partial charge in [-0.05, 0) is 35.9 Å². The van der Waals surface area contributed by atoms with Crippen LogP contribution in [0.25, 0.3) is 6.08 Å². The first-order valence-corrected chi connectivity index (χ1v) is 8.26. The molecule has 0 spiro atoms. The number of para-hydroxylation sites is 2. The number of carbonyl (C=O) groups is 3. The number of hydrogen-bond acceptors (Lipinski definition) is 6. The molecule has 0 aliphatic carbocycles. The normalized spacial score (nSPS) is 10.6. The first-order chi connectivity index (χ1) is 13.9. The maximum absolute atomic E-state index is 12.4. The van der Waals surface area contributed by atoms with E-state index >= 15 is 0 Å². The third-order valence-corrected chi connectivity index (χ3v) is 3.47. The highest BCUT2D eigenvalue weighted by Crippen LogP contribution is 2.25. The fourth-order valence-corrected chi connectivity index (χ4v) is 2.15. The van der Waals surface area contributed by atoms with Crippen LogP contribution in [0, 0.1) is 0 Å². The molecule has 1 amide bonds. The zero-order chi connectivity index (χ0) is 21.2. The Bertz CT molecular complexity index is 896. The summed E-state index contributed by atoms with van der Waals surface area (Å²) in [6.07, 6.45) is 2.54. The lowest BCUT2D eigenvalue weighted by molar-refractivity contribution is -0.142. The van der Waals surface area contributed by atoms with Crippen molar-refractivity contribution in [1.29, 1.82) is 0 Å². The van der Waals surface area contributed by atoms with Gasteiger partial charge in [0.25, 0.3) is 5.91 Å². The second kappa shape index (κ2) is 10.5. The van der Waals surface area contributed by atoms with Crippen LogP contribution in [0.3, 0.4) is 0 Å². The lowest BCUT2D eigenvalue weighted by atomic mass is 10.1. The van der Waals surface area contributed by atoms with Crippen molar-refractivity contribution in [3.05, 3.63) is 65.7 Å². The van der Waals surface area contributed by atoms with E-state index in [0.29, 0.717) is 11.1 Å². The number of carbonyl (C=O) groups excluding carboxylic acids is 3. The molecule has 0 heterocycles. The minimum atomic E-state index is -3.04. The summed E-state index contributed by atoms with van der Waals surface area (Å²) in [5.74, 6) is -2.20. The largest absolute Gasteiger partial charge is 0.465 e. The van der Waals surface area contributed by atoms with E-state index in [1.165, 1.54) is 49.6 Å². The minimum absolute atomic E-state index is 0.0232. The van der Waals surface area contributed by atoms with Crippen molar-refractivity contribution in [2.45, 2.75) is 6.61 Å². The molecule has 0 aliphatic heterocycles. The Balaban J connectivity index is 1.85. The van der Waals surface area contributed by atoms with Gasteiger partial charge in [-0.25, -0.2) is 9.59 Å². The summed E-state index contributed by atoms with van der Waals surface area (Å²) in [5, 5.41) is 2.33. The van der Waals surface area contributed by atoms with Crippen LogP contribution in [-0.4, -0.2) is 38.2 Å². The SMILES string of the molecule is COC(=O)c1ccc(/C=C/C(=O)OCC(=O)Nc2ccccc2OC(F)F)cc1. The van der Waals surface area contributed by atoms with Gasteiger partial charge in [0.2, 0.25) is 0 Å². The Morgan fingerprint density at radius 2 is 1.76 bits per heavy atom. The van der Waals surface area contributed by atoms with Crippen LogP contribution in [-0.2, 0) is 19.1 Å². The second-order valence-electron chi connectivity index (χ2n) is 5.48. The van der Waals surface area contributed by atoms with E-state index in [4.69, 9.17) is 4.74 Å². The average Bonchev–Trinajstić information content (AvgIpc) is 2.71. The molecule has 7 nitrogen and oxygen atoms in total. The molecule has 0 aliphatic rings. The molecular formula is C20H17F2NO6. The van der Waals surface area contributed by atoms with E-state index in [9.17, 15) is 23.2 Å². The molecule has 0 unspecified atom stereocenters. The highest BCUT2D eigenvalue weighted by atomic mass is 19.3. The Kier molecular flexibility index (Phi) is 7.84. The maximum atomic E-state index is 12.4. The molecular weight excluding hydrogens is 388 g/mol. The average molecular weight is 405 g/mol. The molecule has 9 heteroatoms. The number of alkyl halides is 2. The molecule has 2 rings (SSSR count). The van der Waals surface area contributed by atoms with E-state index in [-0.39, 0.29) is 11.4 Å². The molecule has 0 atom stereocenters. The van der Waals surface area contributed by atoms with Gasteiger partial charge >= 0.3 is 18.6 Å². The molecule has 0 bridgehead atoms. The fraction of sp³-hybridized carbons (Fsp3) is 0.150. The lowest BCUT2D eigenvalue weighted by Crippen LogP contribution is -2.20. The number of ether oxygens (including phenoxy) is 3. The first-order valence-electron chi connectivity index (χ1n) is 8.26. The summed E-state index contributed by atoms with van der Waals surface area (Å²) < 4.78 is 38.4. The van der Waals surface area contributed by atoms with E-state index in [1.807, 2.05) is 0 Å².